The van der Waals surface area contributed by atoms with E-state index < -0.39 is 0 Å². The summed E-state index contributed by atoms with van der Waals surface area (Å²) in [5.74, 6) is 0.860. The van der Waals surface area contributed by atoms with E-state index in [1.807, 2.05) is 24.3 Å². The fourth-order valence-electron chi connectivity index (χ4n) is 6.41. The zero-order chi connectivity index (χ0) is 25.5. The maximum absolute atomic E-state index is 6.58. The van der Waals surface area contributed by atoms with Crippen LogP contribution in [0.4, 0.5) is 0 Å². The van der Waals surface area contributed by atoms with E-state index in [0.29, 0.717) is 0 Å². The second-order valence-corrected chi connectivity index (χ2v) is 10.3. The second kappa shape index (κ2) is 7.66. The monoisotopic (exact) mass is 495 g/mol. The first-order chi connectivity index (χ1) is 19.3. The van der Waals surface area contributed by atoms with Gasteiger partial charge in [0.15, 0.2) is 0 Å². The maximum Gasteiger partial charge on any atom is 0.144 e. The minimum atomic E-state index is 0.846. The molecule has 2 aliphatic heterocycles. The van der Waals surface area contributed by atoms with Crippen molar-refractivity contribution in [1.82, 2.24) is 4.98 Å². The van der Waals surface area contributed by atoms with Crippen LogP contribution in [0.15, 0.2) is 132 Å². The van der Waals surface area contributed by atoms with Gasteiger partial charge in [-0.25, -0.2) is 4.98 Å². The highest BCUT2D eigenvalue weighted by molar-refractivity contribution is 6.25. The lowest BCUT2D eigenvalue weighted by atomic mass is 9.89. The highest BCUT2D eigenvalue weighted by Gasteiger charge is 2.23. The molecule has 7 aromatic rings. The van der Waals surface area contributed by atoms with Gasteiger partial charge in [0.1, 0.15) is 11.3 Å². The quantitative estimate of drug-likeness (QED) is 0.223. The molecule has 0 bridgehead atoms. The molecule has 0 saturated heterocycles. The van der Waals surface area contributed by atoms with Crippen LogP contribution in [-0.4, -0.2) is 4.98 Å². The molecule has 2 heteroatoms. The zero-order valence-electron chi connectivity index (χ0n) is 21.0. The van der Waals surface area contributed by atoms with Crippen molar-refractivity contribution >= 4 is 54.2 Å². The van der Waals surface area contributed by atoms with Gasteiger partial charge in [-0.1, -0.05) is 109 Å². The smallest absolute Gasteiger partial charge is 0.144 e. The molecule has 0 radical (unpaired) electrons. The number of aromatic nitrogens is 1. The topological polar surface area (TPSA) is 26.0 Å². The van der Waals surface area contributed by atoms with Gasteiger partial charge in [0.05, 0.1) is 16.8 Å². The Morgan fingerprint density at radius 3 is 1.97 bits per heavy atom. The van der Waals surface area contributed by atoms with Gasteiger partial charge in [-0.15, -0.1) is 0 Å². The van der Waals surface area contributed by atoms with Crippen molar-refractivity contribution in [3.05, 3.63) is 127 Å². The molecule has 0 aliphatic carbocycles. The molecule has 0 unspecified atom stereocenters. The summed E-state index contributed by atoms with van der Waals surface area (Å²) in [7, 11) is 0. The lowest BCUT2D eigenvalue weighted by Gasteiger charge is -2.15. The predicted octanol–water partition coefficient (Wildman–Crippen LogP) is 10.3. The van der Waals surface area contributed by atoms with Gasteiger partial charge in [0.2, 0.25) is 0 Å². The first kappa shape index (κ1) is 20.8. The molecule has 0 aromatic heterocycles. The van der Waals surface area contributed by atoms with Crippen molar-refractivity contribution in [2.24, 2.45) is 0 Å². The van der Waals surface area contributed by atoms with Crippen molar-refractivity contribution in [2.45, 2.75) is 0 Å². The van der Waals surface area contributed by atoms with E-state index in [2.05, 4.69) is 103 Å². The van der Waals surface area contributed by atoms with Gasteiger partial charge < -0.3 is 4.42 Å². The fourth-order valence-corrected chi connectivity index (χ4v) is 6.41. The van der Waals surface area contributed by atoms with Crippen LogP contribution in [0.25, 0.3) is 87.9 Å². The summed E-state index contributed by atoms with van der Waals surface area (Å²) in [6.45, 7) is 0. The number of rotatable bonds is 2. The van der Waals surface area contributed by atoms with Gasteiger partial charge in [-0.2, -0.15) is 0 Å². The van der Waals surface area contributed by atoms with Gasteiger partial charge in [0.25, 0.3) is 0 Å². The van der Waals surface area contributed by atoms with Gasteiger partial charge >= 0.3 is 0 Å². The van der Waals surface area contributed by atoms with E-state index in [1.165, 1.54) is 43.4 Å². The van der Waals surface area contributed by atoms with Crippen LogP contribution >= 0.6 is 0 Å². The van der Waals surface area contributed by atoms with Gasteiger partial charge in [-0.05, 0) is 61.6 Å². The molecule has 0 amide bonds. The normalized spacial score (nSPS) is 12.1. The molecule has 39 heavy (non-hydrogen) atoms. The molecule has 7 aromatic carbocycles. The molecule has 2 aliphatic rings. The molecule has 0 N–H and O–H groups in total. The first-order valence-electron chi connectivity index (χ1n) is 13.3. The highest BCUT2D eigenvalue weighted by Crippen LogP contribution is 2.45. The van der Waals surface area contributed by atoms with E-state index in [1.54, 1.807) is 0 Å². The molecule has 0 fully saturated rings. The SMILES string of the molecule is c1cc2ccc3ccc(-c4ccc(-c5oc6ccccc6c6nc7ccccc7c5-6)cc4)c4ccc(c1)c2c34. The summed E-state index contributed by atoms with van der Waals surface area (Å²) in [5, 5.41) is 9.99. The molecule has 9 rings (SSSR count). The van der Waals surface area contributed by atoms with Crippen LogP contribution in [-0.2, 0) is 0 Å². The van der Waals surface area contributed by atoms with Crippen LogP contribution in [0.3, 0.4) is 0 Å². The fraction of sp³-hybridized carbons (Fsp3) is 0. The number of benzene rings is 7. The number of fused-ring (bicyclic) bond motifs is 5. The van der Waals surface area contributed by atoms with E-state index in [-0.39, 0.29) is 0 Å². The lowest BCUT2D eigenvalue weighted by Crippen LogP contribution is -1.89. The molecule has 180 valence electrons. The third kappa shape index (κ3) is 2.89. The zero-order valence-corrected chi connectivity index (χ0v) is 21.0. The summed E-state index contributed by atoms with van der Waals surface area (Å²) in [4.78, 5) is 5.01. The summed E-state index contributed by atoms with van der Waals surface area (Å²) in [5.41, 5.74) is 7.38. The van der Waals surface area contributed by atoms with Crippen molar-refractivity contribution in [3.8, 4) is 33.7 Å². The standard InChI is InChI=1S/C37H21NO/c1-3-10-31-29(8-1)35-36(38-31)30-9-2-4-11-32(30)39-37(35)26-16-12-22(13-17-26)27-20-18-25-15-14-23-6-5-7-24-19-21-28(27)34(25)33(23)24/h1-21H. The number of para-hydroxylation sites is 2. The molecule has 2 nitrogen and oxygen atoms in total. The molecular weight excluding hydrogens is 474 g/mol. The van der Waals surface area contributed by atoms with Crippen LogP contribution in [0.1, 0.15) is 0 Å². The van der Waals surface area contributed by atoms with Crippen molar-refractivity contribution in [2.75, 3.05) is 0 Å². The van der Waals surface area contributed by atoms with Crippen LogP contribution in [0.5, 0.6) is 0 Å². The van der Waals surface area contributed by atoms with E-state index in [9.17, 15) is 0 Å². The van der Waals surface area contributed by atoms with Crippen molar-refractivity contribution in [3.63, 3.8) is 0 Å². The van der Waals surface area contributed by atoms with Crippen molar-refractivity contribution in [1.29, 1.82) is 0 Å². The average Bonchev–Trinajstić information content (AvgIpc) is 3.40. The summed E-state index contributed by atoms with van der Waals surface area (Å²) >= 11 is 0. The second-order valence-electron chi connectivity index (χ2n) is 10.3. The minimum absolute atomic E-state index is 0.846. The predicted molar refractivity (Wildman–Crippen MR) is 163 cm³/mol. The molecule has 0 atom stereocenters. The Hall–Kier alpha value is -5.21. The summed E-state index contributed by atoms with van der Waals surface area (Å²) in [6, 6.07) is 45.4. The molecular formula is C37H21NO. The largest absolute Gasteiger partial charge is 0.455 e. The van der Waals surface area contributed by atoms with E-state index in [4.69, 9.17) is 9.40 Å². The van der Waals surface area contributed by atoms with Gasteiger partial charge in [-0.3, -0.25) is 0 Å². The van der Waals surface area contributed by atoms with Crippen LogP contribution < -0.4 is 0 Å². The first-order valence-corrected chi connectivity index (χ1v) is 13.3. The Kier molecular flexibility index (Phi) is 4.08. The third-order valence-electron chi connectivity index (χ3n) is 8.21. The Morgan fingerprint density at radius 1 is 0.462 bits per heavy atom. The van der Waals surface area contributed by atoms with Crippen molar-refractivity contribution < 1.29 is 4.42 Å². The van der Waals surface area contributed by atoms with Gasteiger partial charge in [0, 0.05) is 16.3 Å². The Balaban J connectivity index is 1.26. The van der Waals surface area contributed by atoms with E-state index >= 15 is 0 Å². The average molecular weight is 496 g/mol. The van der Waals surface area contributed by atoms with Crippen LogP contribution in [0, 0.1) is 0 Å². The van der Waals surface area contributed by atoms with E-state index in [0.717, 1.165) is 44.5 Å². The summed E-state index contributed by atoms with van der Waals surface area (Å²) in [6.07, 6.45) is 0. The molecule has 2 heterocycles. The van der Waals surface area contributed by atoms with Crippen LogP contribution in [0.2, 0.25) is 0 Å². The Labute approximate surface area is 224 Å². The third-order valence-corrected chi connectivity index (χ3v) is 8.21. The number of nitrogens with zero attached hydrogens (tertiary/aromatic N) is 1. The number of hydrogen-bond acceptors (Lipinski definition) is 2. The Morgan fingerprint density at radius 2 is 1.13 bits per heavy atom. The highest BCUT2D eigenvalue weighted by atomic mass is 16.3. The Bertz CT molecular complexity index is 2310. The molecule has 0 spiro atoms. The minimum Gasteiger partial charge on any atom is -0.455 e. The maximum atomic E-state index is 6.58. The lowest BCUT2D eigenvalue weighted by molar-refractivity contribution is 0.622. The molecule has 0 saturated carbocycles. The number of hydrogen-bond donors (Lipinski definition) is 0. The summed E-state index contributed by atoms with van der Waals surface area (Å²) < 4.78 is 6.58.